The first kappa shape index (κ1) is 28.5. The Bertz CT molecular complexity index is 1010. The summed E-state index contributed by atoms with van der Waals surface area (Å²) in [6.07, 6.45) is 15.9. The van der Waals surface area contributed by atoms with Crippen molar-refractivity contribution in [1.29, 1.82) is 0 Å². The highest BCUT2D eigenvalue weighted by atomic mass is 16.5. The Labute approximate surface area is 211 Å². The molecule has 0 saturated carbocycles. The largest absolute Gasteiger partial charge is 0.497 e. The van der Waals surface area contributed by atoms with Crippen molar-refractivity contribution < 1.29 is 18.6 Å². The fraction of sp³-hybridized carbons (Fsp3) is 0.567. The molecule has 5 nitrogen and oxygen atoms in total. The van der Waals surface area contributed by atoms with Crippen molar-refractivity contribution in [3.63, 3.8) is 0 Å². The second-order valence-corrected chi connectivity index (χ2v) is 9.41. The van der Waals surface area contributed by atoms with Crippen molar-refractivity contribution in [3.05, 3.63) is 51.9 Å². The predicted octanol–water partition coefficient (Wildman–Crippen LogP) is 8.39. The van der Waals surface area contributed by atoms with Gasteiger partial charge in [-0.3, -0.25) is 0 Å². The van der Waals surface area contributed by atoms with Gasteiger partial charge in [-0.1, -0.05) is 69.1 Å². The number of hydrogen-bond donors (Lipinski definition) is 0. The van der Waals surface area contributed by atoms with Gasteiger partial charge in [-0.25, -0.2) is 4.79 Å². The van der Waals surface area contributed by atoms with Crippen molar-refractivity contribution in [2.75, 3.05) is 20.3 Å². The Balaban J connectivity index is 2.07. The zero-order chi connectivity index (χ0) is 25.5. The van der Waals surface area contributed by atoms with Crippen LogP contribution in [0.4, 0.5) is 0 Å². The van der Waals surface area contributed by atoms with E-state index in [1.165, 1.54) is 49.7 Å². The lowest BCUT2D eigenvalue weighted by molar-refractivity contribution is 0.264. The zero-order valence-corrected chi connectivity index (χ0v) is 22.4. The van der Waals surface area contributed by atoms with Gasteiger partial charge in [0.05, 0.1) is 19.1 Å². The van der Waals surface area contributed by atoms with Gasteiger partial charge in [0.2, 0.25) is 5.75 Å². The van der Waals surface area contributed by atoms with Gasteiger partial charge < -0.3 is 18.6 Å². The standard InChI is InChI=1S/C30H44O5/c1-6-7-8-9-10-11-12-13-20-33-29-28(34-21-19-24(4)16-14-15-23(2)3)26-18-17-25(32-5)22-27(26)35-30(29)31/h15,17-19,22H,6-14,16,20-21H2,1-5H3. The summed E-state index contributed by atoms with van der Waals surface area (Å²) in [7, 11) is 1.58. The lowest BCUT2D eigenvalue weighted by Gasteiger charge is -2.14. The normalized spacial score (nSPS) is 11.5. The first-order chi connectivity index (χ1) is 17.0. The third-order valence-corrected chi connectivity index (χ3v) is 6.02. The molecule has 0 bridgehead atoms. The highest BCUT2D eigenvalue weighted by molar-refractivity contribution is 5.86. The van der Waals surface area contributed by atoms with Crippen LogP contribution < -0.4 is 19.8 Å². The third-order valence-electron chi connectivity index (χ3n) is 6.02. The van der Waals surface area contributed by atoms with E-state index in [9.17, 15) is 4.79 Å². The van der Waals surface area contributed by atoms with Crippen LogP contribution in [0.2, 0.25) is 0 Å². The lowest BCUT2D eigenvalue weighted by Crippen LogP contribution is -2.11. The molecule has 0 aliphatic carbocycles. The zero-order valence-electron chi connectivity index (χ0n) is 22.4. The molecular weight excluding hydrogens is 440 g/mol. The highest BCUT2D eigenvalue weighted by Crippen LogP contribution is 2.34. The molecule has 0 N–H and O–H groups in total. The smallest absolute Gasteiger partial charge is 0.383 e. The minimum atomic E-state index is -0.524. The molecule has 194 valence electrons. The summed E-state index contributed by atoms with van der Waals surface area (Å²) in [5.41, 5.74) is 2.47. The molecule has 1 aromatic heterocycles. The highest BCUT2D eigenvalue weighted by Gasteiger charge is 2.18. The fourth-order valence-corrected chi connectivity index (χ4v) is 3.90. The van der Waals surface area contributed by atoms with Crippen LogP contribution >= 0.6 is 0 Å². The number of benzene rings is 1. The summed E-state index contributed by atoms with van der Waals surface area (Å²) in [6, 6.07) is 5.38. The quantitative estimate of drug-likeness (QED) is 0.128. The number of fused-ring (bicyclic) bond motifs is 1. The second kappa shape index (κ2) is 16.1. The SMILES string of the molecule is CCCCCCCCCCOc1c(OCC=C(C)CCC=C(C)C)c2ccc(OC)cc2oc1=O. The van der Waals surface area contributed by atoms with Gasteiger partial charge in [0.1, 0.15) is 17.9 Å². The van der Waals surface area contributed by atoms with E-state index >= 15 is 0 Å². The summed E-state index contributed by atoms with van der Waals surface area (Å²) >= 11 is 0. The van der Waals surface area contributed by atoms with E-state index in [1.807, 2.05) is 12.1 Å². The van der Waals surface area contributed by atoms with Crippen LogP contribution in [-0.4, -0.2) is 20.3 Å². The average molecular weight is 485 g/mol. The summed E-state index contributed by atoms with van der Waals surface area (Å²) in [5, 5.41) is 0.701. The van der Waals surface area contributed by atoms with Gasteiger partial charge in [0.25, 0.3) is 0 Å². The van der Waals surface area contributed by atoms with Crippen LogP contribution in [-0.2, 0) is 0 Å². The van der Waals surface area contributed by atoms with E-state index in [1.54, 1.807) is 13.2 Å². The molecule has 0 radical (unpaired) electrons. The molecular formula is C30H44O5. The monoisotopic (exact) mass is 484 g/mol. The molecule has 0 aliphatic heterocycles. The number of rotatable bonds is 17. The van der Waals surface area contributed by atoms with Crippen LogP contribution in [0, 0.1) is 0 Å². The van der Waals surface area contributed by atoms with Crippen molar-refractivity contribution >= 4 is 11.0 Å². The number of hydrogen-bond acceptors (Lipinski definition) is 5. The second-order valence-electron chi connectivity index (χ2n) is 9.41. The van der Waals surface area contributed by atoms with Crippen LogP contribution in [0.3, 0.4) is 0 Å². The van der Waals surface area contributed by atoms with Crippen LogP contribution in [0.1, 0.15) is 91.9 Å². The van der Waals surface area contributed by atoms with Crippen molar-refractivity contribution in [1.82, 2.24) is 0 Å². The van der Waals surface area contributed by atoms with E-state index < -0.39 is 5.63 Å². The molecule has 0 amide bonds. The summed E-state index contributed by atoms with van der Waals surface area (Å²) < 4.78 is 22.9. The van der Waals surface area contributed by atoms with E-state index in [0.29, 0.717) is 35.7 Å². The van der Waals surface area contributed by atoms with Gasteiger partial charge in [0.15, 0.2) is 5.75 Å². The van der Waals surface area contributed by atoms with Crippen LogP contribution in [0.25, 0.3) is 11.0 Å². The molecule has 2 aromatic rings. The fourth-order valence-electron chi connectivity index (χ4n) is 3.90. The first-order valence-corrected chi connectivity index (χ1v) is 13.2. The summed E-state index contributed by atoms with van der Waals surface area (Å²) in [6.45, 7) is 9.38. The minimum absolute atomic E-state index is 0.154. The summed E-state index contributed by atoms with van der Waals surface area (Å²) in [5.74, 6) is 1.21. The van der Waals surface area contributed by atoms with Gasteiger partial charge in [-0.15, -0.1) is 0 Å². The van der Waals surface area contributed by atoms with E-state index in [2.05, 4.69) is 39.8 Å². The van der Waals surface area contributed by atoms with Crippen molar-refractivity contribution in [2.45, 2.75) is 91.9 Å². The minimum Gasteiger partial charge on any atom is -0.497 e. The molecule has 0 fully saturated rings. The Hall–Kier alpha value is -2.69. The maximum absolute atomic E-state index is 12.8. The molecule has 0 unspecified atom stereocenters. The molecule has 5 heteroatoms. The van der Waals surface area contributed by atoms with Gasteiger partial charge >= 0.3 is 5.63 Å². The maximum Gasteiger partial charge on any atom is 0.383 e. The van der Waals surface area contributed by atoms with Crippen LogP contribution in [0.15, 0.2) is 50.7 Å². The molecule has 0 aliphatic rings. The Morgan fingerprint density at radius 2 is 1.63 bits per heavy atom. The average Bonchev–Trinajstić information content (AvgIpc) is 2.83. The topological polar surface area (TPSA) is 57.9 Å². The number of allylic oxidation sites excluding steroid dienone is 3. The van der Waals surface area contributed by atoms with E-state index in [4.69, 9.17) is 18.6 Å². The van der Waals surface area contributed by atoms with E-state index in [-0.39, 0.29) is 5.75 Å². The van der Waals surface area contributed by atoms with Crippen molar-refractivity contribution in [3.8, 4) is 17.2 Å². The number of methoxy groups -OCH3 is 1. The van der Waals surface area contributed by atoms with E-state index in [0.717, 1.165) is 25.7 Å². The van der Waals surface area contributed by atoms with Crippen LogP contribution in [0.5, 0.6) is 17.2 Å². The third kappa shape index (κ3) is 10.2. The molecule has 1 heterocycles. The lowest BCUT2D eigenvalue weighted by atomic mass is 10.1. The molecule has 0 saturated heterocycles. The Kier molecular flexibility index (Phi) is 13.1. The predicted molar refractivity (Wildman–Crippen MR) is 145 cm³/mol. The van der Waals surface area contributed by atoms with Gasteiger partial charge in [-0.2, -0.15) is 0 Å². The van der Waals surface area contributed by atoms with Gasteiger partial charge in [-0.05, 0) is 58.2 Å². The number of ether oxygens (including phenoxy) is 3. The summed E-state index contributed by atoms with van der Waals surface area (Å²) in [4.78, 5) is 12.8. The van der Waals surface area contributed by atoms with Gasteiger partial charge in [0, 0.05) is 6.07 Å². The molecule has 1 aromatic carbocycles. The number of unbranched alkanes of at least 4 members (excludes halogenated alkanes) is 7. The maximum atomic E-state index is 12.8. The molecule has 35 heavy (non-hydrogen) atoms. The Morgan fingerprint density at radius 3 is 2.31 bits per heavy atom. The molecule has 2 rings (SSSR count). The Morgan fingerprint density at radius 1 is 0.914 bits per heavy atom. The molecule has 0 atom stereocenters. The first-order valence-electron chi connectivity index (χ1n) is 13.2. The van der Waals surface area contributed by atoms with Crippen molar-refractivity contribution in [2.24, 2.45) is 0 Å². The molecule has 0 spiro atoms.